The summed E-state index contributed by atoms with van der Waals surface area (Å²) >= 11 is 1.57. The molecule has 9 heteroatoms. The van der Waals surface area contributed by atoms with Gasteiger partial charge < -0.3 is 20.1 Å². The molecule has 2 heterocycles. The number of hydrogen-bond acceptors (Lipinski definition) is 7. The zero-order chi connectivity index (χ0) is 18.0. The highest BCUT2D eigenvalue weighted by Gasteiger charge is 2.33. The summed E-state index contributed by atoms with van der Waals surface area (Å²) in [5.41, 5.74) is 6.95. The van der Waals surface area contributed by atoms with E-state index in [9.17, 15) is 9.59 Å². The predicted molar refractivity (Wildman–Crippen MR) is 97.1 cm³/mol. The molecule has 0 unspecified atom stereocenters. The maximum Gasteiger partial charge on any atom is 0.414 e. The van der Waals surface area contributed by atoms with Crippen LogP contribution in [0.15, 0.2) is 18.2 Å². The third-order valence-electron chi connectivity index (χ3n) is 4.35. The third-order valence-corrected chi connectivity index (χ3v) is 5.17. The van der Waals surface area contributed by atoms with Crippen LogP contribution in [0.3, 0.4) is 0 Å². The van der Waals surface area contributed by atoms with Gasteiger partial charge in [-0.15, -0.1) is 0 Å². The number of methoxy groups -OCH3 is 1. The van der Waals surface area contributed by atoms with Gasteiger partial charge in [0.05, 0.1) is 25.9 Å². The smallest absolute Gasteiger partial charge is 0.414 e. The lowest BCUT2D eigenvalue weighted by molar-refractivity contribution is -0.119. The molecule has 1 aromatic carbocycles. The topological polar surface area (TPSA) is 88.3 Å². The molecule has 0 radical (unpaired) electrons. The Hall–Kier alpha value is -1.97. The maximum absolute atomic E-state index is 12.4. The molecule has 2 N–H and O–H groups in total. The van der Waals surface area contributed by atoms with Crippen LogP contribution >= 0.6 is 11.9 Å². The molecule has 136 valence electrons. The number of anilines is 2. The van der Waals surface area contributed by atoms with E-state index >= 15 is 0 Å². The van der Waals surface area contributed by atoms with E-state index in [2.05, 4.69) is 0 Å². The van der Waals surface area contributed by atoms with E-state index in [0.717, 1.165) is 12.2 Å². The van der Waals surface area contributed by atoms with E-state index < -0.39 is 6.09 Å². The molecule has 3 rings (SSSR count). The largest absolute Gasteiger partial charge is 0.494 e. The summed E-state index contributed by atoms with van der Waals surface area (Å²) in [4.78, 5) is 27.7. The first-order valence-electron chi connectivity index (χ1n) is 8.03. The molecule has 0 bridgehead atoms. The summed E-state index contributed by atoms with van der Waals surface area (Å²) in [7, 11) is 1.54. The Morgan fingerprint density at radius 2 is 2.12 bits per heavy atom. The van der Waals surface area contributed by atoms with E-state index in [4.69, 9.17) is 15.2 Å². The molecule has 2 aliphatic heterocycles. The highest BCUT2D eigenvalue weighted by Crippen LogP contribution is 2.35. The first kappa shape index (κ1) is 17.8. The fraction of sp³-hybridized carbons (Fsp3) is 0.500. The van der Waals surface area contributed by atoms with Crippen LogP contribution in [0.2, 0.25) is 0 Å². The van der Waals surface area contributed by atoms with Gasteiger partial charge in [-0.05, 0) is 18.4 Å². The summed E-state index contributed by atoms with van der Waals surface area (Å²) in [6, 6.07) is 5.39. The Morgan fingerprint density at radius 1 is 1.32 bits per heavy atom. The van der Waals surface area contributed by atoms with Crippen molar-refractivity contribution < 1.29 is 19.1 Å². The number of nitrogens with two attached hydrogens (primary N) is 1. The number of cyclic esters (lactones) is 1. The number of piperazine rings is 1. The standard InChI is InChI=1S/C16H22N4O4S/c1-23-14-7-11(19-6-5-18(25-2)10-15(19)21)3-4-13(14)20-9-12(8-17)24-16(20)22/h3-4,7,12H,5-6,8-10,17H2,1-2H3/t12-/m0/s1. The molecule has 2 saturated heterocycles. The van der Waals surface area contributed by atoms with Crippen molar-refractivity contribution in [2.45, 2.75) is 6.10 Å². The molecule has 2 aliphatic rings. The van der Waals surface area contributed by atoms with Crippen LogP contribution < -0.4 is 20.3 Å². The van der Waals surface area contributed by atoms with E-state index in [1.165, 1.54) is 12.0 Å². The molecule has 2 amide bonds. The van der Waals surface area contributed by atoms with E-state index in [0.29, 0.717) is 31.1 Å². The number of ether oxygens (including phenoxy) is 2. The molecular formula is C16H22N4O4S. The Balaban J connectivity index is 1.83. The van der Waals surface area contributed by atoms with Crippen molar-refractivity contribution >= 4 is 35.3 Å². The van der Waals surface area contributed by atoms with Gasteiger partial charge in [-0.25, -0.2) is 9.10 Å². The summed E-state index contributed by atoms with van der Waals surface area (Å²) in [5.74, 6) is 0.561. The summed E-state index contributed by atoms with van der Waals surface area (Å²) < 4.78 is 12.7. The average Bonchev–Trinajstić information content (AvgIpc) is 3.01. The van der Waals surface area contributed by atoms with E-state index in [1.807, 2.05) is 16.6 Å². The van der Waals surface area contributed by atoms with E-state index in [1.54, 1.807) is 29.0 Å². The second-order valence-electron chi connectivity index (χ2n) is 5.80. The minimum Gasteiger partial charge on any atom is -0.494 e. The molecule has 0 spiro atoms. The molecule has 0 saturated carbocycles. The number of nitrogens with zero attached hydrogens (tertiary/aromatic N) is 3. The van der Waals surface area contributed by atoms with Crippen molar-refractivity contribution in [3.05, 3.63) is 18.2 Å². The molecule has 8 nitrogen and oxygen atoms in total. The van der Waals surface area contributed by atoms with Crippen LogP contribution in [0, 0.1) is 0 Å². The molecule has 0 aromatic heterocycles. The number of carbonyl (C=O) groups is 2. The van der Waals surface area contributed by atoms with Crippen LogP contribution in [0.1, 0.15) is 0 Å². The van der Waals surface area contributed by atoms with Crippen LogP contribution in [0.25, 0.3) is 0 Å². The lowest BCUT2D eigenvalue weighted by atomic mass is 10.2. The Labute approximate surface area is 150 Å². The fourth-order valence-corrected chi connectivity index (χ4v) is 3.48. The number of rotatable bonds is 5. The van der Waals surface area contributed by atoms with Crippen LogP contribution in [0.4, 0.5) is 16.2 Å². The Kier molecular flexibility index (Phi) is 5.36. The molecule has 1 atom stereocenters. The van der Waals surface area contributed by atoms with Crippen molar-refractivity contribution in [1.29, 1.82) is 0 Å². The molecular weight excluding hydrogens is 344 g/mol. The lowest BCUT2D eigenvalue weighted by Gasteiger charge is -2.33. The minimum absolute atomic E-state index is 0.0409. The van der Waals surface area contributed by atoms with Crippen molar-refractivity contribution in [2.24, 2.45) is 5.73 Å². The van der Waals surface area contributed by atoms with Gasteiger partial charge in [0.2, 0.25) is 5.91 Å². The van der Waals surface area contributed by atoms with Crippen molar-refractivity contribution in [3.8, 4) is 5.75 Å². The Bertz CT molecular complexity index is 672. The first-order chi connectivity index (χ1) is 12.1. The van der Waals surface area contributed by atoms with Crippen molar-refractivity contribution in [2.75, 3.05) is 55.9 Å². The highest BCUT2D eigenvalue weighted by molar-refractivity contribution is 7.96. The third kappa shape index (κ3) is 3.53. The van der Waals surface area contributed by atoms with Gasteiger partial charge in [-0.1, -0.05) is 11.9 Å². The lowest BCUT2D eigenvalue weighted by Crippen LogP contribution is -2.47. The second-order valence-corrected chi connectivity index (χ2v) is 6.68. The molecule has 1 aromatic rings. The minimum atomic E-state index is -0.439. The van der Waals surface area contributed by atoms with E-state index in [-0.39, 0.29) is 18.6 Å². The monoisotopic (exact) mass is 366 g/mol. The fourth-order valence-electron chi connectivity index (χ4n) is 2.98. The number of hydrogen-bond donors (Lipinski definition) is 1. The quantitative estimate of drug-likeness (QED) is 0.775. The number of carbonyl (C=O) groups excluding carboxylic acids is 2. The van der Waals surface area contributed by atoms with Crippen molar-refractivity contribution in [3.63, 3.8) is 0 Å². The van der Waals surface area contributed by atoms with Crippen LogP contribution in [-0.4, -0.2) is 68.5 Å². The average molecular weight is 366 g/mol. The summed E-state index contributed by atoms with van der Waals surface area (Å²) in [5, 5.41) is 0. The zero-order valence-corrected chi connectivity index (χ0v) is 15.1. The normalized spacial score (nSPS) is 21.6. The predicted octanol–water partition coefficient (Wildman–Crippen LogP) is 0.906. The second kappa shape index (κ2) is 7.51. The maximum atomic E-state index is 12.4. The molecule has 0 aliphatic carbocycles. The summed E-state index contributed by atoms with van der Waals surface area (Å²) in [6.45, 7) is 2.45. The van der Waals surface area contributed by atoms with Crippen molar-refractivity contribution in [1.82, 2.24) is 4.31 Å². The van der Waals surface area contributed by atoms with Gasteiger partial charge in [-0.3, -0.25) is 9.69 Å². The highest BCUT2D eigenvalue weighted by atomic mass is 32.2. The Morgan fingerprint density at radius 3 is 2.72 bits per heavy atom. The zero-order valence-electron chi connectivity index (χ0n) is 14.3. The van der Waals surface area contributed by atoms with Gasteiger partial charge in [0.1, 0.15) is 11.9 Å². The molecule has 25 heavy (non-hydrogen) atoms. The SMILES string of the molecule is COc1cc(N2CCN(SC)CC2=O)ccc1N1C[C@H](CN)OC1=O. The number of benzene rings is 1. The molecule has 2 fully saturated rings. The van der Waals surface area contributed by atoms with Gasteiger partial charge in [0.25, 0.3) is 0 Å². The van der Waals surface area contributed by atoms with Gasteiger partial charge in [-0.2, -0.15) is 0 Å². The van der Waals surface area contributed by atoms with Gasteiger partial charge >= 0.3 is 6.09 Å². The van der Waals surface area contributed by atoms with Gasteiger partial charge in [0.15, 0.2) is 0 Å². The van der Waals surface area contributed by atoms with Gasteiger partial charge in [0, 0.05) is 31.4 Å². The summed E-state index contributed by atoms with van der Waals surface area (Å²) in [6.07, 6.45) is 1.20. The van der Waals surface area contributed by atoms with Crippen LogP contribution in [0.5, 0.6) is 5.75 Å². The first-order valence-corrected chi connectivity index (χ1v) is 9.21. The number of amides is 2. The van der Waals surface area contributed by atoms with Crippen LogP contribution in [-0.2, 0) is 9.53 Å².